The van der Waals surface area contributed by atoms with Crippen molar-refractivity contribution in [3.63, 3.8) is 0 Å². The molecule has 1 nitrogen and oxygen atoms in total. The van der Waals surface area contributed by atoms with Crippen LogP contribution in [0.3, 0.4) is 0 Å². The number of rotatable bonds is 2. The lowest BCUT2D eigenvalue weighted by Gasteiger charge is -2.15. The zero-order valence-corrected chi connectivity index (χ0v) is 7.38. The molecule has 0 radical (unpaired) electrons. The van der Waals surface area contributed by atoms with E-state index in [-0.39, 0.29) is 0 Å². The van der Waals surface area contributed by atoms with Crippen molar-refractivity contribution in [2.75, 3.05) is 0 Å². The van der Waals surface area contributed by atoms with Crippen molar-refractivity contribution in [3.8, 4) is 0 Å². The Labute approximate surface area is 72.5 Å². The van der Waals surface area contributed by atoms with E-state index in [1.54, 1.807) is 6.92 Å². The summed E-state index contributed by atoms with van der Waals surface area (Å²) in [5.41, 5.74) is 1.10. The van der Waals surface area contributed by atoms with Gasteiger partial charge in [-0.15, -0.1) is 12.6 Å². The lowest BCUT2D eigenvalue weighted by molar-refractivity contribution is 0.161. The average Bonchev–Trinajstić information content (AvgIpc) is 1.85. The number of aliphatic hydroxyl groups is 1. The van der Waals surface area contributed by atoms with Crippen LogP contribution in [0.5, 0.6) is 0 Å². The first-order valence-corrected chi connectivity index (χ1v) is 4.01. The minimum absolute atomic E-state index is 0.580. The molecular formula is C9H12OS. The quantitative estimate of drug-likeness (QED) is 0.510. The van der Waals surface area contributed by atoms with E-state index in [2.05, 4.69) is 12.6 Å². The molecule has 1 unspecified atom stereocenters. The van der Waals surface area contributed by atoms with E-state index >= 15 is 0 Å². The molecule has 2 heteroatoms. The van der Waals surface area contributed by atoms with Crippen LogP contribution in [0.15, 0.2) is 30.3 Å². The van der Waals surface area contributed by atoms with Gasteiger partial charge in [-0.3, -0.25) is 0 Å². The molecule has 0 bridgehead atoms. The molecule has 0 saturated carbocycles. The van der Waals surface area contributed by atoms with Gasteiger partial charge in [-0.05, 0) is 12.5 Å². The van der Waals surface area contributed by atoms with Crippen LogP contribution in [0.2, 0.25) is 0 Å². The molecule has 1 aromatic rings. The fourth-order valence-electron chi connectivity index (χ4n) is 0.983. The van der Waals surface area contributed by atoms with Gasteiger partial charge in [-0.1, -0.05) is 30.3 Å². The van der Waals surface area contributed by atoms with E-state index in [0.29, 0.717) is 6.42 Å². The van der Waals surface area contributed by atoms with Gasteiger partial charge >= 0.3 is 0 Å². The zero-order valence-electron chi connectivity index (χ0n) is 6.49. The highest BCUT2D eigenvalue weighted by atomic mass is 32.1. The van der Waals surface area contributed by atoms with Crippen molar-refractivity contribution >= 4 is 12.6 Å². The van der Waals surface area contributed by atoms with Gasteiger partial charge in [0.1, 0.15) is 4.93 Å². The lowest BCUT2D eigenvalue weighted by Crippen LogP contribution is -2.18. The Morgan fingerprint density at radius 3 is 2.36 bits per heavy atom. The van der Waals surface area contributed by atoms with Gasteiger partial charge in [-0.25, -0.2) is 0 Å². The molecular weight excluding hydrogens is 156 g/mol. The second-order valence-corrected chi connectivity index (χ2v) is 3.84. The third kappa shape index (κ3) is 3.44. The molecule has 0 aromatic heterocycles. The molecule has 0 fully saturated rings. The topological polar surface area (TPSA) is 20.2 Å². The maximum atomic E-state index is 9.34. The summed E-state index contributed by atoms with van der Waals surface area (Å²) in [6, 6.07) is 9.82. The van der Waals surface area contributed by atoms with E-state index < -0.39 is 4.93 Å². The molecule has 0 amide bonds. The van der Waals surface area contributed by atoms with E-state index in [9.17, 15) is 5.11 Å². The smallest absolute Gasteiger partial charge is 0.108 e. The van der Waals surface area contributed by atoms with Crippen LogP contribution in [-0.4, -0.2) is 10.0 Å². The Bertz CT molecular complexity index is 213. The minimum Gasteiger partial charge on any atom is -0.380 e. The maximum Gasteiger partial charge on any atom is 0.108 e. The van der Waals surface area contributed by atoms with Crippen molar-refractivity contribution in [1.82, 2.24) is 0 Å². The molecule has 0 aliphatic carbocycles. The second kappa shape index (κ2) is 3.28. The molecule has 0 saturated heterocycles. The first-order valence-electron chi connectivity index (χ1n) is 3.57. The highest BCUT2D eigenvalue weighted by Gasteiger charge is 2.13. The molecule has 1 N–H and O–H groups in total. The minimum atomic E-state index is -0.901. The Morgan fingerprint density at radius 2 is 1.91 bits per heavy atom. The van der Waals surface area contributed by atoms with Crippen LogP contribution in [-0.2, 0) is 6.42 Å². The van der Waals surface area contributed by atoms with Crippen molar-refractivity contribution in [2.45, 2.75) is 18.3 Å². The summed E-state index contributed by atoms with van der Waals surface area (Å²) < 4.78 is 0. The number of thiol groups is 1. The predicted molar refractivity (Wildman–Crippen MR) is 49.8 cm³/mol. The second-order valence-electron chi connectivity index (χ2n) is 2.88. The van der Waals surface area contributed by atoms with Gasteiger partial charge in [0.2, 0.25) is 0 Å². The fraction of sp³-hybridized carbons (Fsp3) is 0.333. The highest BCUT2D eigenvalue weighted by Crippen LogP contribution is 2.15. The van der Waals surface area contributed by atoms with Crippen LogP contribution in [0.4, 0.5) is 0 Å². The average molecular weight is 168 g/mol. The molecule has 0 heterocycles. The standard InChI is InChI=1S/C9H12OS/c1-9(10,11)7-8-5-3-2-4-6-8/h2-6,10-11H,7H2,1H3. The monoisotopic (exact) mass is 168 g/mol. The summed E-state index contributed by atoms with van der Waals surface area (Å²) in [4.78, 5) is -0.901. The Morgan fingerprint density at radius 1 is 1.36 bits per heavy atom. The first-order chi connectivity index (χ1) is 5.08. The van der Waals surface area contributed by atoms with Crippen molar-refractivity contribution in [2.24, 2.45) is 0 Å². The fourth-order valence-corrected chi connectivity index (χ4v) is 1.17. The van der Waals surface area contributed by atoms with Crippen molar-refractivity contribution in [3.05, 3.63) is 35.9 Å². The van der Waals surface area contributed by atoms with Gasteiger partial charge in [0.05, 0.1) is 0 Å². The van der Waals surface area contributed by atoms with Crippen LogP contribution in [0, 0.1) is 0 Å². The van der Waals surface area contributed by atoms with Gasteiger partial charge in [-0.2, -0.15) is 0 Å². The van der Waals surface area contributed by atoms with Gasteiger partial charge in [0.15, 0.2) is 0 Å². The van der Waals surface area contributed by atoms with Crippen LogP contribution < -0.4 is 0 Å². The highest BCUT2D eigenvalue weighted by molar-refractivity contribution is 7.81. The lowest BCUT2D eigenvalue weighted by atomic mass is 10.1. The van der Waals surface area contributed by atoms with Gasteiger partial charge in [0.25, 0.3) is 0 Å². The van der Waals surface area contributed by atoms with E-state index in [1.165, 1.54) is 0 Å². The Kier molecular flexibility index (Phi) is 2.58. The molecule has 1 rings (SSSR count). The zero-order chi connectivity index (χ0) is 8.32. The van der Waals surface area contributed by atoms with Crippen molar-refractivity contribution in [1.29, 1.82) is 0 Å². The molecule has 1 aromatic carbocycles. The SMILES string of the molecule is CC(O)(S)Cc1ccccc1. The third-order valence-electron chi connectivity index (χ3n) is 1.38. The summed E-state index contributed by atoms with van der Waals surface area (Å²) in [6.45, 7) is 1.68. The van der Waals surface area contributed by atoms with E-state index in [1.807, 2.05) is 30.3 Å². The molecule has 0 aliphatic heterocycles. The van der Waals surface area contributed by atoms with E-state index in [4.69, 9.17) is 0 Å². The maximum absolute atomic E-state index is 9.34. The molecule has 0 spiro atoms. The van der Waals surface area contributed by atoms with Crippen molar-refractivity contribution < 1.29 is 5.11 Å². The number of hydrogen-bond donors (Lipinski definition) is 2. The van der Waals surface area contributed by atoms with E-state index in [0.717, 1.165) is 5.56 Å². The summed E-state index contributed by atoms with van der Waals surface area (Å²) in [5.74, 6) is 0. The Balaban J connectivity index is 2.66. The normalized spacial score (nSPS) is 15.9. The Hall–Kier alpha value is -0.470. The largest absolute Gasteiger partial charge is 0.380 e. The van der Waals surface area contributed by atoms with Gasteiger partial charge in [0, 0.05) is 6.42 Å². The summed E-state index contributed by atoms with van der Waals surface area (Å²) in [6.07, 6.45) is 0.580. The number of hydrogen-bond acceptors (Lipinski definition) is 2. The predicted octanol–water partition coefficient (Wildman–Crippen LogP) is 1.87. The summed E-state index contributed by atoms with van der Waals surface area (Å²) in [5, 5.41) is 9.34. The summed E-state index contributed by atoms with van der Waals surface area (Å²) >= 11 is 4.02. The molecule has 60 valence electrons. The van der Waals surface area contributed by atoms with Crippen LogP contribution in [0.25, 0.3) is 0 Å². The third-order valence-corrected chi connectivity index (χ3v) is 1.54. The van der Waals surface area contributed by atoms with Crippen LogP contribution in [0.1, 0.15) is 12.5 Å². The molecule has 0 aliphatic rings. The van der Waals surface area contributed by atoms with Gasteiger partial charge < -0.3 is 5.11 Å². The molecule has 1 atom stereocenters. The van der Waals surface area contributed by atoms with Crippen LogP contribution >= 0.6 is 12.6 Å². The summed E-state index contributed by atoms with van der Waals surface area (Å²) in [7, 11) is 0. The number of benzene rings is 1. The first kappa shape index (κ1) is 8.62. The molecule has 11 heavy (non-hydrogen) atoms.